The average Bonchev–Trinajstić information content (AvgIpc) is 3.01. The van der Waals surface area contributed by atoms with E-state index in [1.54, 1.807) is 7.11 Å². The Labute approximate surface area is 115 Å². The third-order valence-electron chi connectivity index (χ3n) is 4.18. The summed E-state index contributed by atoms with van der Waals surface area (Å²) >= 11 is 0. The standard InChI is InChI=1S/C13H25N3O3/c1-8-13(4,15(6)18)9-10-11(19-7)16(10)12(2,3)14(5)17/h9,11H,8H2,1-7H3/q-2/b10-9+. The SMILES string of the molecule is CCC(C)(/C=C1\C(OC)N1C(C)(C)N(C)[O-])N(C)[O-]. The highest BCUT2D eigenvalue weighted by atomic mass is 16.5. The number of hydrogen-bond acceptors (Lipinski definition) is 6. The van der Waals surface area contributed by atoms with Crippen LogP contribution in [0.3, 0.4) is 0 Å². The Morgan fingerprint density at radius 3 is 2.11 bits per heavy atom. The van der Waals surface area contributed by atoms with E-state index in [-0.39, 0.29) is 6.23 Å². The first-order chi connectivity index (χ1) is 8.61. The highest BCUT2D eigenvalue weighted by Crippen LogP contribution is 2.44. The fraction of sp³-hybridized carbons (Fsp3) is 0.846. The van der Waals surface area contributed by atoms with Gasteiger partial charge < -0.3 is 30.2 Å². The lowest BCUT2D eigenvalue weighted by molar-refractivity contribution is 0.0327. The lowest BCUT2D eigenvalue weighted by Gasteiger charge is -2.43. The van der Waals surface area contributed by atoms with Crippen LogP contribution >= 0.6 is 0 Å². The molecule has 0 N–H and O–H groups in total. The maximum atomic E-state index is 11.7. The number of ether oxygens (including phenoxy) is 1. The van der Waals surface area contributed by atoms with Gasteiger partial charge in [-0.05, 0) is 47.4 Å². The van der Waals surface area contributed by atoms with E-state index < -0.39 is 11.2 Å². The Bertz CT molecular complexity index is 355. The van der Waals surface area contributed by atoms with E-state index in [0.29, 0.717) is 6.42 Å². The Hall–Kier alpha value is -0.660. The van der Waals surface area contributed by atoms with Gasteiger partial charge in [-0.1, -0.05) is 6.92 Å². The van der Waals surface area contributed by atoms with Gasteiger partial charge in [-0.2, -0.15) is 0 Å². The van der Waals surface area contributed by atoms with Crippen LogP contribution in [0.4, 0.5) is 0 Å². The molecule has 0 saturated carbocycles. The lowest BCUT2D eigenvalue weighted by Crippen LogP contribution is -2.45. The molecule has 2 atom stereocenters. The van der Waals surface area contributed by atoms with Crippen LogP contribution in [-0.4, -0.2) is 53.7 Å². The number of rotatable bonds is 6. The minimum atomic E-state index is -0.692. The molecule has 6 nitrogen and oxygen atoms in total. The fourth-order valence-corrected chi connectivity index (χ4v) is 2.05. The van der Waals surface area contributed by atoms with E-state index in [1.165, 1.54) is 14.1 Å². The third kappa shape index (κ3) is 2.93. The van der Waals surface area contributed by atoms with Gasteiger partial charge in [-0.25, -0.2) is 0 Å². The Morgan fingerprint density at radius 1 is 1.26 bits per heavy atom. The molecule has 1 aliphatic heterocycles. The minimum Gasteiger partial charge on any atom is -0.785 e. The zero-order valence-electron chi connectivity index (χ0n) is 12.9. The maximum absolute atomic E-state index is 11.7. The Balaban J connectivity index is 3.02. The molecule has 0 aromatic rings. The van der Waals surface area contributed by atoms with Crippen molar-refractivity contribution in [3.63, 3.8) is 0 Å². The predicted octanol–water partition coefficient (Wildman–Crippen LogP) is 1.92. The number of likely N-dealkylation sites (N-methyl/N-ethyl adjacent to an activating group) is 1. The molecule has 1 rings (SSSR count). The molecule has 1 fully saturated rings. The third-order valence-corrected chi connectivity index (χ3v) is 4.18. The molecule has 0 aromatic heterocycles. The van der Waals surface area contributed by atoms with Crippen LogP contribution < -0.4 is 0 Å². The van der Waals surface area contributed by atoms with E-state index in [2.05, 4.69) is 0 Å². The molecule has 1 saturated heterocycles. The van der Waals surface area contributed by atoms with Gasteiger partial charge in [-0.15, -0.1) is 0 Å². The summed E-state index contributed by atoms with van der Waals surface area (Å²) in [6, 6.07) is 0. The molecule has 0 aliphatic carbocycles. The smallest absolute Gasteiger partial charge is 0.171 e. The van der Waals surface area contributed by atoms with E-state index in [4.69, 9.17) is 4.74 Å². The first-order valence-electron chi connectivity index (χ1n) is 6.48. The molecule has 0 amide bonds. The largest absolute Gasteiger partial charge is 0.785 e. The molecule has 0 aromatic carbocycles. The van der Waals surface area contributed by atoms with Crippen molar-refractivity contribution in [2.75, 3.05) is 21.2 Å². The second kappa shape index (κ2) is 5.38. The van der Waals surface area contributed by atoms with Gasteiger partial charge in [-0.3, -0.25) is 0 Å². The van der Waals surface area contributed by atoms with Crippen molar-refractivity contribution in [2.45, 2.75) is 51.5 Å². The molecule has 6 heteroatoms. The van der Waals surface area contributed by atoms with Crippen LogP contribution in [0.25, 0.3) is 0 Å². The summed E-state index contributed by atoms with van der Waals surface area (Å²) in [5.41, 5.74) is -0.386. The van der Waals surface area contributed by atoms with Crippen LogP contribution in [0.5, 0.6) is 0 Å². The predicted molar refractivity (Wildman–Crippen MR) is 75.8 cm³/mol. The summed E-state index contributed by atoms with van der Waals surface area (Å²) in [5, 5.41) is 25.2. The fourth-order valence-electron chi connectivity index (χ4n) is 2.05. The summed E-state index contributed by atoms with van der Waals surface area (Å²) in [6.45, 7) is 7.50. The minimum absolute atomic E-state index is 0.225. The topological polar surface area (TPSA) is 64.8 Å². The van der Waals surface area contributed by atoms with Crippen molar-refractivity contribution < 1.29 is 4.74 Å². The van der Waals surface area contributed by atoms with Crippen molar-refractivity contribution in [3.8, 4) is 0 Å². The van der Waals surface area contributed by atoms with E-state index in [1.807, 2.05) is 38.7 Å². The average molecular weight is 271 g/mol. The second-order valence-corrected chi connectivity index (χ2v) is 5.73. The van der Waals surface area contributed by atoms with E-state index >= 15 is 0 Å². The van der Waals surface area contributed by atoms with Gasteiger partial charge in [0.2, 0.25) is 0 Å². The van der Waals surface area contributed by atoms with Crippen molar-refractivity contribution in [1.82, 2.24) is 15.0 Å². The maximum Gasteiger partial charge on any atom is 0.171 e. The monoisotopic (exact) mass is 271 g/mol. The van der Waals surface area contributed by atoms with Gasteiger partial charge >= 0.3 is 0 Å². The first-order valence-corrected chi connectivity index (χ1v) is 6.48. The number of hydroxylamine groups is 4. The summed E-state index contributed by atoms with van der Waals surface area (Å²) in [6.07, 6.45) is 2.37. The second-order valence-electron chi connectivity index (χ2n) is 5.73. The lowest BCUT2D eigenvalue weighted by atomic mass is 9.98. The van der Waals surface area contributed by atoms with Gasteiger partial charge in [0.15, 0.2) is 6.23 Å². The van der Waals surface area contributed by atoms with Crippen molar-refractivity contribution in [2.24, 2.45) is 0 Å². The zero-order chi connectivity index (χ0) is 15.0. The number of nitrogens with zero attached hydrogens (tertiary/aromatic N) is 3. The van der Waals surface area contributed by atoms with Crippen LogP contribution in [0.2, 0.25) is 0 Å². The molecule has 1 heterocycles. The van der Waals surface area contributed by atoms with Crippen LogP contribution in [0.1, 0.15) is 34.1 Å². The number of methoxy groups -OCH3 is 1. The number of hydrogen-bond donors (Lipinski definition) is 0. The van der Waals surface area contributed by atoms with Crippen LogP contribution in [0.15, 0.2) is 11.8 Å². The summed E-state index contributed by atoms with van der Waals surface area (Å²) in [4.78, 5) is 1.89. The zero-order valence-corrected chi connectivity index (χ0v) is 12.9. The molecule has 112 valence electrons. The summed E-state index contributed by atoms with van der Waals surface area (Å²) in [7, 11) is 4.60. The van der Waals surface area contributed by atoms with Crippen LogP contribution in [0, 0.1) is 10.4 Å². The Morgan fingerprint density at radius 2 is 1.79 bits per heavy atom. The normalized spacial score (nSPS) is 25.3. The highest BCUT2D eigenvalue weighted by Gasteiger charge is 2.50. The quantitative estimate of drug-likeness (QED) is 0.543. The van der Waals surface area contributed by atoms with Crippen molar-refractivity contribution in [3.05, 3.63) is 22.2 Å². The summed E-state index contributed by atoms with van der Waals surface area (Å²) < 4.78 is 5.36. The molecule has 0 radical (unpaired) electrons. The van der Waals surface area contributed by atoms with Crippen molar-refractivity contribution >= 4 is 0 Å². The molecule has 2 unspecified atom stereocenters. The summed E-state index contributed by atoms with van der Waals surface area (Å²) in [5.74, 6) is 0. The molecule has 0 bridgehead atoms. The van der Waals surface area contributed by atoms with Gasteiger partial charge in [0, 0.05) is 12.6 Å². The molecular weight excluding hydrogens is 246 g/mol. The Kier molecular flexibility index (Phi) is 4.64. The van der Waals surface area contributed by atoms with Gasteiger partial charge in [0.1, 0.15) is 0 Å². The first kappa shape index (κ1) is 16.4. The van der Waals surface area contributed by atoms with E-state index in [0.717, 1.165) is 15.8 Å². The molecule has 19 heavy (non-hydrogen) atoms. The molecule has 1 aliphatic rings. The van der Waals surface area contributed by atoms with Crippen molar-refractivity contribution in [1.29, 1.82) is 0 Å². The van der Waals surface area contributed by atoms with Crippen LogP contribution in [-0.2, 0) is 4.74 Å². The molecular formula is C13H25N3O3-2. The highest BCUT2D eigenvalue weighted by molar-refractivity contribution is 5.30. The van der Waals surface area contributed by atoms with Gasteiger partial charge in [0.05, 0.1) is 11.4 Å². The van der Waals surface area contributed by atoms with Gasteiger partial charge in [0.25, 0.3) is 0 Å². The van der Waals surface area contributed by atoms with E-state index in [9.17, 15) is 10.4 Å². The molecule has 0 spiro atoms.